The summed E-state index contributed by atoms with van der Waals surface area (Å²) >= 11 is 3.67. The third-order valence-electron chi connectivity index (χ3n) is 3.04. The molecular formula is C16H12IN3OS. The molecule has 1 aromatic carbocycles. The van der Waals surface area contributed by atoms with E-state index in [1.807, 2.05) is 42.6 Å². The van der Waals surface area contributed by atoms with Gasteiger partial charge in [0.05, 0.1) is 11.3 Å². The molecule has 6 heteroatoms. The maximum Gasteiger partial charge on any atom is 0.259 e. The van der Waals surface area contributed by atoms with Crippen LogP contribution in [-0.4, -0.2) is 15.9 Å². The Bertz CT molecular complexity index is 797. The third-order valence-corrected chi connectivity index (χ3v) is 4.52. The van der Waals surface area contributed by atoms with Crippen molar-refractivity contribution in [2.45, 2.75) is 6.92 Å². The first-order chi connectivity index (χ1) is 10.6. The Labute approximate surface area is 145 Å². The number of thiazole rings is 1. The molecule has 2 aromatic heterocycles. The number of hydrogen-bond acceptors (Lipinski definition) is 4. The van der Waals surface area contributed by atoms with Gasteiger partial charge in [0.1, 0.15) is 0 Å². The second-order valence-corrected chi connectivity index (χ2v) is 6.79. The summed E-state index contributed by atoms with van der Waals surface area (Å²) in [6.07, 6.45) is 1.57. The summed E-state index contributed by atoms with van der Waals surface area (Å²) < 4.78 is 1.18. The number of pyridine rings is 1. The van der Waals surface area contributed by atoms with Gasteiger partial charge in [-0.25, -0.2) is 4.98 Å². The van der Waals surface area contributed by atoms with Gasteiger partial charge in [-0.1, -0.05) is 12.1 Å². The van der Waals surface area contributed by atoms with Gasteiger partial charge < -0.3 is 0 Å². The molecule has 0 spiro atoms. The Morgan fingerprint density at radius 3 is 2.64 bits per heavy atom. The molecule has 2 heterocycles. The van der Waals surface area contributed by atoms with Gasteiger partial charge >= 0.3 is 0 Å². The average molecular weight is 421 g/mol. The van der Waals surface area contributed by atoms with Crippen molar-refractivity contribution in [1.82, 2.24) is 9.97 Å². The molecule has 0 atom stereocenters. The Balaban J connectivity index is 1.75. The molecule has 0 bridgehead atoms. The Morgan fingerprint density at radius 2 is 1.95 bits per heavy atom. The number of nitrogens with zero attached hydrogens (tertiary/aromatic N) is 2. The highest BCUT2D eigenvalue weighted by atomic mass is 127. The Morgan fingerprint density at radius 1 is 1.18 bits per heavy atom. The Hall–Kier alpha value is -1.80. The first-order valence-electron chi connectivity index (χ1n) is 6.57. The van der Waals surface area contributed by atoms with E-state index in [-0.39, 0.29) is 5.91 Å². The monoisotopic (exact) mass is 421 g/mol. The molecule has 110 valence electrons. The largest absolute Gasteiger partial charge is 0.298 e. The van der Waals surface area contributed by atoms with Gasteiger partial charge in [-0.15, -0.1) is 11.3 Å². The zero-order chi connectivity index (χ0) is 15.5. The molecule has 0 aliphatic carbocycles. The van der Waals surface area contributed by atoms with Crippen LogP contribution in [0.1, 0.15) is 16.1 Å². The average Bonchev–Trinajstić information content (AvgIpc) is 2.97. The number of halogens is 1. The zero-order valence-electron chi connectivity index (χ0n) is 11.7. The lowest BCUT2D eigenvalue weighted by atomic mass is 10.2. The second kappa shape index (κ2) is 6.53. The summed E-state index contributed by atoms with van der Waals surface area (Å²) in [5.41, 5.74) is 3.30. The molecule has 0 radical (unpaired) electrons. The summed E-state index contributed by atoms with van der Waals surface area (Å²) in [5.74, 6) is -0.198. The van der Waals surface area contributed by atoms with Gasteiger partial charge in [-0.3, -0.25) is 15.1 Å². The van der Waals surface area contributed by atoms with Gasteiger partial charge in [0, 0.05) is 26.4 Å². The van der Waals surface area contributed by atoms with Crippen LogP contribution in [0.5, 0.6) is 0 Å². The molecule has 0 unspecified atom stereocenters. The summed E-state index contributed by atoms with van der Waals surface area (Å²) in [7, 11) is 0. The molecule has 4 nitrogen and oxygen atoms in total. The summed E-state index contributed by atoms with van der Waals surface area (Å²) in [6.45, 7) is 1.88. The van der Waals surface area contributed by atoms with Gasteiger partial charge in [0.25, 0.3) is 5.91 Å². The van der Waals surface area contributed by atoms with Crippen LogP contribution in [-0.2, 0) is 0 Å². The van der Waals surface area contributed by atoms with Crippen LogP contribution in [0.15, 0.2) is 48.0 Å². The number of amides is 1. The van der Waals surface area contributed by atoms with Crippen molar-refractivity contribution in [2.75, 3.05) is 5.32 Å². The molecule has 3 rings (SSSR count). The van der Waals surface area contributed by atoms with Crippen LogP contribution in [0, 0.1) is 10.5 Å². The van der Waals surface area contributed by atoms with E-state index in [0.29, 0.717) is 10.7 Å². The molecule has 22 heavy (non-hydrogen) atoms. The fourth-order valence-electron chi connectivity index (χ4n) is 1.86. The van der Waals surface area contributed by atoms with Crippen molar-refractivity contribution in [3.63, 3.8) is 0 Å². The van der Waals surface area contributed by atoms with Crippen molar-refractivity contribution < 1.29 is 4.79 Å². The smallest absolute Gasteiger partial charge is 0.259 e. The predicted octanol–water partition coefficient (Wildman–Crippen LogP) is 4.37. The highest BCUT2D eigenvalue weighted by Gasteiger charge is 2.10. The lowest BCUT2D eigenvalue weighted by Crippen LogP contribution is -2.12. The number of carbonyl (C=O) groups is 1. The summed E-state index contributed by atoms with van der Waals surface area (Å²) in [6, 6.07) is 11.7. The Kier molecular flexibility index (Phi) is 4.49. The van der Waals surface area contributed by atoms with Gasteiger partial charge in [0.2, 0.25) is 0 Å². The molecule has 3 aromatic rings. The van der Waals surface area contributed by atoms with E-state index >= 15 is 0 Å². The minimum Gasteiger partial charge on any atom is -0.298 e. The van der Waals surface area contributed by atoms with Crippen molar-refractivity contribution in [3.8, 4) is 11.3 Å². The van der Waals surface area contributed by atoms with Crippen LogP contribution in [0.3, 0.4) is 0 Å². The first kappa shape index (κ1) is 15.1. The molecule has 0 saturated carbocycles. The lowest BCUT2D eigenvalue weighted by Gasteiger charge is -2.01. The third kappa shape index (κ3) is 3.50. The summed E-state index contributed by atoms with van der Waals surface area (Å²) in [4.78, 5) is 20.7. The van der Waals surface area contributed by atoms with E-state index in [4.69, 9.17) is 0 Å². The minimum atomic E-state index is -0.198. The van der Waals surface area contributed by atoms with Crippen LogP contribution >= 0.6 is 33.9 Å². The van der Waals surface area contributed by atoms with Crippen molar-refractivity contribution in [1.29, 1.82) is 0 Å². The number of aromatic nitrogens is 2. The summed E-state index contributed by atoms with van der Waals surface area (Å²) in [5, 5.41) is 5.32. The molecule has 0 saturated heterocycles. The van der Waals surface area contributed by atoms with E-state index in [9.17, 15) is 4.79 Å². The topological polar surface area (TPSA) is 54.9 Å². The van der Waals surface area contributed by atoms with Crippen molar-refractivity contribution in [2.24, 2.45) is 0 Å². The fraction of sp³-hybridized carbons (Fsp3) is 0.0625. The van der Waals surface area contributed by atoms with Crippen LogP contribution < -0.4 is 5.32 Å². The van der Waals surface area contributed by atoms with E-state index in [2.05, 4.69) is 37.9 Å². The number of rotatable bonds is 3. The van der Waals surface area contributed by atoms with Crippen molar-refractivity contribution in [3.05, 3.63) is 62.8 Å². The molecule has 1 N–H and O–H groups in total. The van der Waals surface area contributed by atoms with E-state index in [1.165, 1.54) is 14.9 Å². The standard InChI is InChI=1S/C16H12IN3OS/c1-10-2-3-12(8-18-10)15(21)20-16-19-14(9-22-16)11-4-6-13(17)7-5-11/h2-9H,1H3,(H,19,20,21). The number of aryl methyl sites for hydroxylation is 1. The number of carbonyl (C=O) groups excluding carboxylic acids is 1. The normalized spacial score (nSPS) is 10.5. The maximum absolute atomic E-state index is 12.1. The lowest BCUT2D eigenvalue weighted by molar-refractivity contribution is 0.102. The molecule has 0 aliphatic heterocycles. The minimum absolute atomic E-state index is 0.198. The highest BCUT2D eigenvalue weighted by molar-refractivity contribution is 14.1. The van der Waals surface area contributed by atoms with Gasteiger partial charge in [-0.05, 0) is 53.8 Å². The molecule has 1 amide bonds. The van der Waals surface area contributed by atoms with Gasteiger partial charge in [-0.2, -0.15) is 0 Å². The zero-order valence-corrected chi connectivity index (χ0v) is 14.7. The molecular weight excluding hydrogens is 409 g/mol. The number of anilines is 1. The van der Waals surface area contributed by atoms with Crippen LogP contribution in [0.25, 0.3) is 11.3 Å². The number of hydrogen-bond donors (Lipinski definition) is 1. The van der Waals surface area contributed by atoms with E-state index in [0.717, 1.165) is 17.0 Å². The van der Waals surface area contributed by atoms with Crippen LogP contribution in [0.2, 0.25) is 0 Å². The SMILES string of the molecule is Cc1ccc(C(=O)Nc2nc(-c3ccc(I)cc3)cs2)cn1. The second-order valence-electron chi connectivity index (χ2n) is 4.69. The van der Waals surface area contributed by atoms with Crippen molar-refractivity contribution >= 4 is 45.0 Å². The fourth-order valence-corrected chi connectivity index (χ4v) is 2.93. The van der Waals surface area contributed by atoms with E-state index < -0.39 is 0 Å². The van der Waals surface area contributed by atoms with E-state index in [1.54, 1.807) is 12.3 Å². The maximum atomic E-state index is 12.1. The predicted molar refractivity (Wildman–Crippen MR) is 97.2 cm³/mol. The molecule has 0 fully saturated rings. The van der Waals surface area contributed by atoms with Crippen LogP contribution in [0.4, 0.5) is 5.13 Å². The number of nitrogens with one attached hydrogen (secondary N) is 1. The van der Waals surface area contributed by atoms with Gasteiger partial charge in [0.15, 0.2) is 5.13 Å². The molecule has 0 aliphatic rings. The first-order valence-corrected chi connectivity index (χ1v) is 8.53. The highest BCUT2D eigenvalue weighted by Crippen LogP contribution is 2.25. The quantitative estimate of drug-likeness (QED) is 0.640. The number of benzene rings is 1.